The second-order valence-electron chi connectivity index (χ2n) is 5.25. The molecule has 1 aliphatic heterocycles. The molecule has 0 spiro atoms. The summed E-state index contributed by atoms with van der Waals surface area (Å²) in [6.45, 7) is 8.06. The first-order chi connectivity index (χ1) is 8.81. The maximum absolute atomic E-state index is 4.24. The maximum atomic E-state index is 4.24. The predicted octanol–water partition coefficient (Wildman–Crippen LogP) is 2.61. The highest BCUT2D eigenvalue weighted by Crippen LogP contribution is 2.21. The second kappa shape index (κ2) is 6.86. The number of aromatic nitrogens is 1. The van der Waals surface area contributed by atoms with E-state index in [1.54, 1.807) is 0 Å². The first kappa shape index (κ1) is 13.5. The zero-order valence-corrected chi connectivity index (χ0v) is 11.6. The molecule has 3 heteroatoms. The van der Waals surface area contributed by atoms with E-state index in [4.69, 9.17) is 0 Å². The van der Waals surface area contributed by atoms with Crippen LogP contribution in [-0.2, 0) is 0 Å². The average molecular weight is 247 g/mol. The molecule has 0 bridgehead atoms. The van der Waals surface area contributed by atoms with Crippen LogP contribution in [0, 0.1) is 0 Å². The molecule has 1 aromatic rings. The lowest BCUT2D eigenvalue weighted by atomic mass is 10.1. The van der Waals surface area contributed by atoms with Gasteiger partial charge in [-0.05, 0) is 37.9 Å². The molecular weight excluding hydrogens is 222 g/mol. The Balaban J connectivity index is 2.02. The quantitative estimate of drug-likeness (QED) is 0.886. The summed E-state index contributed by atoms with van der Waals surface area (Å²) < 4.78 is 0. The number of pyridine rings is 1. The minimum absolute atomic E-state index is 0.470. The molecule has 2 heterocycles. The number of hydrogen-bond donors (Lipinski definition) is 1. The molecule has 0 radical (unpaired) electrons. The largest absolute Gasteiger partial charge is 0.313 e. The van der Waals surface area contributed by atoms with E-state index in [0.29, 0.717) is 12.1 Å². The van der Waals surface area contributed by atoms with Gasteiger partial charge in [-0.2, -0.15) is 0 Å². The second-order valence-corrected chi connectivity index (χ2v) is 5.25. The van der Waals surface area contributed by atoms with Crippen molar-refractivity contribution in [1.29, 1.82) is 0 Å². The zero-order chi connectivity index (χ0) is 12.8. The van der Waals surface area contributed by atoms with Crippen molar-refractivity contribution in [2.75, 3.05) is 19.6 Å². The van der Waals surface area contributed by atoms with Crippen LogP contribution in [0.1, 0.15) is 44.7 Å². The van der Waals surface area contributed by atoms with Crippen molar-refractivity contribution in [3.8, 4) is 0 Å². The van der Waals surface area contributed by atoms with Crippen LogP contribution >= 0.6 is 0 Å². The first-order valence-corrected chi connectivity index (χ1v) is 7.18. The van der Waals surface area contributed by atoms with Crippen LogP contribution in [0.5, 0.6) is 0 Å². The lowest BCUT2D eigenvalue weighted by molar-refractivity contribution is 0.203. The molecule has 100 valence electrons. The zero-order valence-electron chi connectivity index (χ0n) is 11.6. The monoisotopic (exact) mass is 247 g/mol. The molecule has 1 saturated heterocycles. The lowest BCUT2D eigenvalue weighted by Crippen LogP contribution is -2.38. The van der Waals surface area contributed by atoms with E-state index in [2.05, 4.69) is 35.1 Å². The summed E-state index contributed by atoms with van der Waals surface area (Å²) in [6.07, 6.45) is 7.62. The van der Waals surface area contributed by atoms with Gasteiger partial charge in [0.05, 0.1) is 0 Å². The van der Waals surface area contributed by atoms with Gasteiger partial charge in [0, 0.05) is 37.6 Å². The van der Waals surface area contributed by atoms with Gasteiger partial charge in [0.15, 0.2) is 0 Å². The Kier molecular flexibility index (Phi) is 5.14. The normalized spacial score (nSPS) is 23.6. The molecule has 1 aromatic heterocycles. The van der Waals surface area contributed by atoms with Crippen molar-refractivity contribution >= 4 is 0 Å². The summed E-state index contributed by atoms with van der Waals surface area (Å²) in [7, 11) is 0. The van der Waals surface area contributed by atoms with E-state index in [0.717, 1.165) is 13.1 Å². The molecule has 2 atom stereocenters. The summed E-state index contributed by atoms with van der Waals surface area (Å²) in [5.41, 5.74) is 1.33. The molecule has 0 amide bonds. The van der Waals surface area contributed by atoms with Crippen molar-refractivity contribution in [2.24, 2.45) is 0 Å². The van der Waals surface area contributed by atoms with Crippen LogP contribution in [0.4, 0.5) is 0 Å². The van der Waals surface area contributed by atoms with Gasteiger partial charge >= 0.3 is 0 Å². The summed E-state index contributed by atoms with van der Waals surface area (Å²) in [4.78, 5) is 6.83. The molecule has 1 N–H and O–H groups in total. The van der Waals surface area contributed by atoms with Crippen molar-refractivity contribution in [1.82, 2.24) is 15.2 Å². The Labute approximate surface area is 111 Å². The van der Waals surface area contributed by atoms with Gasteiger partial charge in [0.25, 0.3) is 0 Å². The van der Waals surface area contributed by atoms with Crippen LogP contribution in [0.15, 0.2) is 24.5 Å². The van der Waals surface area contributed by atoms with Gasteiger partial charge in [0.2, 0.25) is 0 Å². The number of rotatable bonds is 4. The summed E-state index contributed by atoms with van der Waals surface area (Å²) in [5, 5.41) is 3.66. The summed E-state index contributed by atoms with van der Waals surface area (Å²) in [5.74, 6) is 0. The Morgan fingerprint density at radius 3 is 3.17 bits per heavy atom. The topological polar surface area (TPSA) is 28.2 Å². The van der Waals surface area contributed by atoms with Crippen LogP contribution < -0.4 is 5.32 Å². The van der Waals surface area contributed by atoms with Crippen molar-refractivity contribution < 1.29 is 0 Å². The fourth-order valence-electron chi connectivity index (χ4n) is 2.75. The molecule has 1 aliphatic rings. The Bertz CT molecular complexity index is 339. The molecule has 3 nitrogen and oxygen atoms in total. The van der Waals surface area contributed by atoms with Gasteiger partial charge in [-0.1, -0.05) is 19.4 Å². The average Bonchev–Trinajstić information content (AvgIpc) is 2.65. The smallest absolute Gasteiger partial charge is 0.0335 e. The van der Waals surface area contributed by atoms with Crippen LogP contribution in [0.3, 0.4) is 0 Å². The fraction of sp³-hybridized carbons (Fsp3) is 0.667. The molecular formula is C15H25N3. The predicted molar refractivity (Wildman–Crippen MR) is 75.5 cm³/mol. The van der Waals surface area contributed by atoms with E-state index in [1.165, 1.54) is 31.4 Å². The molecule has 0 aromatic carbocycles. The Morgan fingerprint density at radius 1 is 1.56 bits per heavy atom. The van der Waals surface area contributed by atoms with Gasteiger partial charge < -0.3 is 5.32 Å². The third kappa shape index (κ3) is 3.53. The molecule has 0 aliphatic carbocycles. The van der Waals surface area contributed by atoms with E-state index >= 15 is 0 Å². The molecule has 1 fully saturated rings. The first-order valence-electron chi connectivity index (χ1n) is 7.18. The minimum Gasteiger partial charge on any atom is -0.313 e. The minimum atomic E-state index is 0.470. The molecule has 18 heavy (non-hydrogen) atoms. The highest BCUT2D eigenvalue weighted by atomic mass is 15.2. The highest BCUT2D eigenvalue weighted by Gasteiger charge is 2.21. The van der Waals surface area contributed by atoms with Crippen molar-refractivity contribution in [3.63, 3.8) is 0 Å². The van der Waals surface area contributed by atoms with E-state index in [-0.39, 0.29) is 0 Å². The number of hydrogen-bond acceptors (Lipinski definition) is 3. The fourth-order valence-corrected chi connectivity index (χ4v) is 2.75. The summed E-state index contributed by atoms with van der Waals surface area (Å²) in [6, 6.07) is 5.34. The van der Waals surface area contributed by atoms with Crippen molar-refractivity contribution in [3.05, 3.63) is 30.1 Å². The maximum Gasteiger partial charge on any atom is 0.0335 e. The molecule has 2 rings (SSSR count). The summed E-state index contributed by atoms with van der Waals surface area (Å²) >= 11 is 0. The SMILES string of the molecule is CCCC1CN(C(C)c2cccnc2)CCCN1. The van der Waals surface area contributed by atoms with Gasteiger partial charge in [-0.15, -0.1) is 0 Å². The molecule has 0 saturated carbocycles. The standard InChI is InChI=1S/C15H25N3/c1-3-6-15-12-18(10-5-9-17-15)13(2)14-7-4-8-16-11-14/h4,7-8,11,13,15,17H,3,5-6,9-10,12H2,1-2H3. The van der Waals surface area contributed by atoms with E-state index in [1.807, 2.05) is 18.5 Å². The van der Waals surface area contributed by atoms with Crippen LogP contribution in [0.25, 0.3) is 0 Å². The molecule has 2 unspecified atom stereocenters. The number of nitrogens with one attached hydrogen (secondary N) is 1. The van der Waals surface area contributed by atoms with Crippen LogP contribution in [0.2, 0.25) is 0 Å². The van der Waals surface area contributed by atoms with Gasteiger partial charge in [-0.25, -0.2) is 0 Å². The van der Waals surface area contributed by atoms with E-state index in [9.17, 15) is 0 Å². The lowest BCUT2D eigenvalue weighted by Gasteiger charge is -2.30. The van der Waals surface area contributed by atoms with Gasteiger partial charge in [-0.3, -0.25) is 9.88 Å². The van der Waals surface area contributed by atoms with Gasteiger partial charge in [0.1, 0.15) is 0 Å². The Hall–Kier alpha value is -0.930. The van der Waals surface area contributed by atoms with Crippen LogP contribution in [-0.4, -0.2) is 35.6 Å². The van der Waals surface area contributed by atoms with E-state index < -0.39 is 0 Å². The third-order valence-corrected chi connectivity index (χ3v) is 3.86. The highest BCUT2D eigenvalue weighted by molar-refractivity contribution is 5.13. The Morgan fingerprint density at radius 2 is 2.44 bits per heavy atom. The third-order valence-electron chi connectivity index (χ3n) is 3.86. The number of nitrogens with zero attached hydrogens (tertiary/aromatic N) is 2. The van der Waals surface area contributed by atoms with Crippen molar-refractivity contribution in [2.45, 2.75) is 45.2 Å².